The average Bonchev–Trinajstić information content (AvgIpc) is 3.30. The number of nitrogens with zero attached hydrogens (tertiary/aromatic N) is 5. The van der Waals surface area contributed by atoms with Gasteiger partial charge in [0.05, 0.1) is 0 Å². The van der Waals surface area contributed by atoms with Gasteiger partial charge in [0.15, 0.2) is 16.0 Å². The minimum absolute atomic E-state index is 0.0293. The molecule has 1 unspecified atom stereocenters. The van der Waals surface area contributed by atoms with E-state index in [9.17, 15) is 37.9 Å². The molecule has 0 spiro atoms. The largest absolute Gasteiger partial charge is 0.477 e. The summed E-state index contributed by atoms with van der Waals surface area (Å²) in [5, 5.41) is 21.8. The van der Waals surface area contributed by atoms with Gasteiger partial charge in [0.25, 0.3) is 11.8 Å². The minimum Gasteiger partial charge on any atom is -0.477 e. The SMILES string of the molecule is Cn1c(SCC2=C(C(=O)O)N3C(=O)C(NC(=O)C(=NOC(F)F)c4csc(N)n4)[C@@H]3SC2)n[nH]c(=O)c1=O. The minimum atomic E-state index is -3.32. The molecule has 15 nitrogen and oxygen atoms in total. The number of carbonyl (C=O) groups is 3. The third-order valence-corrected chi connectivity index (χ3v) is 8.28. The fourth-order valence-corrected chi connectivity index (χ4v) is 6.39. The molecule has 0 radical (unpaired) electrons. The number of alkyl halides is 2. The van der Waals surface area contributed by atoms with Crippen molar-refractivity contribution in [3.8, 4) is 0 Å². The van der Waals surface area contributed by atoms with E-state index in [0.29, 0.717) is 5.57 Å². The van der Waals surface area contributed by atoms with Gasteiger partial charge in [0, 0.05) is 23.9 Å². The number of nitrogens with one attached hydrogen (secondary N) is 2. The molecule has 0 aromatic carbocycles. The number of aliphatic carboxylic acids is 1. The van der Waals surface area contributed by atoms with Crippen LogP contribution in [0.15, 0.2) is 36.6 Å². The van der Waals surface area contributed by atoms with Gasteiger partial charge in [-0.1, -0.05) is 16.9 Å². The Balaban J connectivity index is 1.52. The van der Waals surface area contributed by atoms with Gasteiger partial charge in [-0.05, 0) is 5.57 Å². The maximum Gasteiger partial charge on any atom is 0.407 e. The van der Waals surface area contributed by atoms with Crippen molar-refractivity contribution in [2.75, 3.05) is 17.2 Å². The van der Waals surface area contributed by atoms with Crippen molar-refractivity contribution in [1.82, 2.24) is 30.0 Å². The molecule has 1 saturated heterocycles. The number of rotatable bonds is 9. The van der Waals surface area contributed by atoms with E-state index in [0.717, 1.165) is 44.3 Å². The fraction of sp³-hybridized carbons (Fsp3) is 0.333. The van der Waals surface area contributed by atoms with Crippen LogP contribution in [0, 0.1) is 0 Å². The van der Waals surface area contributed by atoms with Crippen LogP contribution in [0.1, 0.15) is 5.69 Å². The zero-order valence-electron chi connectivity index (χ0n) is 18.9. The summed E-state index contributed by atoms with van der Waals surface area (Å²) in [5.74, 6) is -3.02. The number of thiazole rings is 1. The Morgan fingerprint density at radius 2 is 2.16 bits per heavy atom. The fourth-order valence-electron chi connectivity index (χ4n) is 3.44. The third kappa shape index (κ3) is 5.27. The molecule has 2 atom stereocenters. The van der Waals surface area contributed by atoms with Crippen LogP contribution in [0.4, 0.5) is 13.9 Å². The van der Waals surface area contributed by atoms with Crippen LogP contribution >= 0.6 is 34.9 Å². The molecule has 5 N–H and O–H groups in total. The van der Waals surface area contributed by atoms with Crippen LogP contribution < -0.4 is 22.2 Å². The molecule has 1 fully saturated rings. The van der Waals surface area contributed by atoms with Crippen molar-refractivity contribution in [2.45, 2.75) is 23.2 Å². The summed E-state index contributed by atoms with van der Waals surface area (Å²) < 4.78 is 26.1. The summed E-state index contributed by atoms with van der Waals surface area (Å²) in [6.07, 6.45) is 0. The Bertz CT molecular complexity index is 1490. The average molecular weight is 591 g/mol. The zero-order valence-corrected chi connectivity index (χ0v) is 21.4. The molecule has 38 heavy (non-hydrogen) atoms. The highest BCUT2D eigenvalue weighted by Crippen LogP contribution is 2.41. The number of carbonyl (C=O) groups excluding carboxylic acids is 2. The molecule has 2 aromatic heterocycles. The number of H-pyrrole nitrogens is 1. The van der Waals surface area contributed by atoms with Crippen molar-refractivity contribution in [2.24, 2.45) is 12.2 Å². The first-order valence-corrected chi connectivity index (χ1v) is 13.1. The summed E-state index contributed by atoms with van der Waals surface area (Å²) in [4.78, 5) is 69.6. The van der Waals surface area contributed by atoms with E-state index in [-0.39, 0.29) is 33.2 Å². The van der Waals surface area contributed by atoms with Crippen LogP contribution in [-0.2, 0) is 26.3 Å². The lowest BCUT2D eigenvalue weighted by molar-refractivity contribution is -0.150. The number of amides is 2. The second-order valence-corrected chi connectivity index (χ2v) is 10.4. The molecule has 20 heteroatoms. The summed E-state index contributed by atoms with van der Waals surface area (Å²) in [6.45, 7) is -3.32. The predicted octanol–water partition coefficient (Wildman–Crippen LogP) is -1.02. The number of thioether (sulfide) groups is 2. The number of hydrogen-bond donors (Lipinski definition) is 4. The van der Waals surface area contributed by atoms with Gasteiger partial charge in [-0.15, -0.1) is 28.2 Å². The lowest BCUT2D eigenvalue weighted by atomic mass is 10.0. The molecule has 4 rings (SSSR count). The number of hydrogen-bond acceptors (Lipinski definition) is 13. The Morgan fingerprint density at radius 3 is 2.79 bits per heavy atom. The number of anilines is 1. The summed E-state index contributed by atoms with van der Waals surface area (Å²) in [7, 11) is 1.33. The Labute approximate surface area is 222 Å². The number of aromatic nitrogens is 4. The van der Waals surface area contributed by atoms with E-state index in [1.54, 1.807) is 0 Å². The maximum absolute atomic E-state index is 12.9. The molecule has 202 valence electrons. The molecular weight excluding hydrogens is 574 g/mol. The van der Waals surface area contributed by atoms with Crippen molar-refractivity contribution >= 4 is 63.5 Å². The summed E-state index contributed by atoms with van der Waals surface area (Å²) in [5.41, 5.74) is 3.02. The highest BCUT2D eigenvalue weighted by molar-refractivity contribution is 8.01. The number of aromatic amines is 1. The third-order valence-electron chi connectivity index (χ3n) is 5.15. The topological polar surface area (TPSA) is 215 Å². The van der Waals surface area contributed by atoms with E-state index in [4.69, 9.17) is 5.73 Å². The van der Waals surface area contributed by atoms with Crippen molar-refractivity contribution < 1.29 is 33.1 Å². The van der Waals surface area contributed by atoms with Crippen molar-refractivity contribution in [1.29, 1.82) is 0 Å². The molecule has 2 amide bonds. The number of carboxylic acid groups (broad SMARTS) is 1. The van der Waals surface area contributed by atoms with E-state index < -0.39 is 52.6 Å². The lowest BCUT2D eigenvalue weighted by Crippen LogP contribution is -2.71. The molecule has 0 saturated carbocycles. The van der Waals surface area contributed by atoms with Gasteiger partial charge in [0.1, 0.15) is 22.8 Å². The molecular formula is C18H16F2N8O7S3. The molecule has 2 aliphatic heterocycles. The van der Waals surface area contributed by atoms with Crippen LogP contribution in [0.5, 0.6) is 0 Å². The molecule has 0 bridgehead atoms. The first-order chi connectivity index (χ1) is 18.0. The number of β-lactam (4-membered cyclic amide) rings is 1. The van der Waals surface area contributed by atoms with E-state index in [1.807, 2.05) is 0 Å². The smallest absolute Gasteiger partial charge is 0.407 e. The molecule has 0 aliphatic carbocycles. The standard InChI is InChI=1S/C18H16F2N8O7S3/c1-27-13(32)11(30)24-25-18(27)38-3-5-2-36-14-8(12(31)28(14)9(5)15(33)34)23-10(29)7(26-35-16(19)20)6-4-37-17(21)22-6/h4,8,14,16H,2-3H2,1H3,(H2,21,22)(H,23,29)(H,24,30)(H,33,34)/t8?,14-/m0/s1. The first kappa shape index (κ1) is 27.3. The predicted molar refractivity (Wildman–Crippen MR) is 131 cm³/mol. The number of nitrogen functional groups attached to an aromatic ring is 1. The zero-order chi connectivity index (χ0) is 27.7. The molecule has 4 heterocycles. The second-order valence-electron chi connectivity index (χ2n) is 7.48. The van der Waals surface area contributed by atoms with Gasteiger partial charge in [-0.25, -0.2) is 14.9 Å². The summed E-state index contributed by atoms with van der Waals surface area (Å²) >= 11 is 3.06. The Morgan fingerprint density at radius 1 is 1.42 bits per heavy atom. The maximum atomic E-state index is 12.9. The van der Waals surface area contributed by atoms with Crippen molar-refractivity contribution in [3.05, 3.63) is 43.1 Å². The number of oxime groups is 1. The van der Waals surface area contributed by atoms with Crippen LogP contribution in [0.3, 0.4) is 0 Å². The quantitative estimate of drug-likeness (QED) is 0.0908. The van der Waals surface area contributed by atoms with Crippen LogP contribution in [0.2, 0.25) is 0 Å². The monoisotopic (exact) mass is 590 g/mol. The van der Waals surface area contributed by atoms with Gasteiger partial charge in [-0.3, -0.25) is 28.6 Å². The van der Waals surface area contributed by atoms with Crippen LogP contribution in [-0.4, -0.2) is 82.8 Å². The highest BCUT2D eigenvalue weighted by atomic mass is 32.2. The van der Waals surface area contributed by atoms with Gasteiger partial charge in [0.2, 0.25) is 0 Å². The van der Waals surface area contributed by atoms with Gasteiger partial charge >= 0.3 is 23.7 Å². The van der Waals surface area contributed by atoms with E-state index >= 15 is 0 Å². The first-order valence-electron chi connectivity index (χ1n) is 10.2. The number of fused-ring (bicyclic) bond motifs is 1. The normalized spacial score (nSPS) is 19.3. The number of nitrogens with two attached hydrogens (primary N) is 1. The molecule has 2 aliphatic rings. The lowest BCUT2D eigenvalue weighted by Gasteiger charge is -2.49. The van der Waals surface area contributed by atoms with Gasteiger partial charge in [-0.2, -0.15) is 8.78 Å². The van der Waals surface area contributed by atoms with Gasteiger partial charge < -0.3 is 21.0 Å². The Kier molecular flexibility index (Phi) is 7.83. The highest BCUT2D eigenvalue weighted by Gasteiger charge is 2.54. The second kappa shape index (κ2) is 10.9. The number of carboxylic acids is 1. The summed E-state index contributed by atoms with van der Waals surface area (Å²) in [6, 6.07) is -1.19. The van der Waals surface area contributed by atoms with Crippen LogP contribution in [0.25, 0.3) is 0 Å². The molecule has 2 aromatic rings. The Hall–Kier alpha value is -3.78. The number of halogens is 2. The van der Waals surface area contributed by atoms with E-state index in [2.05, 4.69) is 30.5 Å². The van der Waals surface area contributed by atoms with E-state index in [1.165, 1.54) is 12.4 Å². The van der Waals surface area contributed by atoms with Crippen molar-refractivity contribution in [3.63, 3.8) is 0 Å².